The molecular weight excluding hydrogens is 205 g/mol. The maximum atomic E-state index is 12.4. The van der Waals surface area contributed by atoms with E-state index in [1.807, 2.05) is 0 Å². The number of phenolic OH excluding ortho intramolecular Hbond substituents is 1. The largest absolute Gasteiger partial charge is 0.508 e. The van der Waals surface area contributed by atoms with Gasteiger partial charge in [-0.2, -0.15) is 13.2 Å². The van der Waals surface area contributed by atoms with Gasteiger partial charge < -0.3 is 5.11 Å². The van der Waals surface area contributed by atoms with Gasteiger partial charge in [0.05, 0.1) is 5.56 Å². The van der Waals surface area contributed by atoms with Crippen molar-refractivity contribution in [1.82, 2.24) is 0 Å². The van der Waals surface area contributed by atoms with Gasteiger partial charge >= 0.3 is 6.18 Å². The molecule has 0 radical (unpaired) electrons. The summed E-state index contributed by atoms with van der Waals surface area (Å²) in [7, 11) is 0. The van der Waals surface area contributed by atoms with Crippen LogP contribution in [-0.2, 0) is 6.18 Å². The van der Waals surface area contributed by atoms with Gasteiger partial charge in [-0.15, -0.1) is 0 Å². The maximum Gasteiger partial charge on any atom is 0.416 e. The summed E-state index contributed by atoms with van der Waals surface area (Å²) in [5.41, 5.74) is -0.708. The predicted molar refractivity (Wildman–Crippen MR) is 50.6 cm³/mol. The van der Waals surface area contributed by atoms with Crippen LogP contribution < -0.4 is 0 Å². The molecule has 1 nitrogen and oxygen atoms in total. The van der Waals surface area contributed by atoms with Crippen LogP contribution in [0.2, 0.25) is 0 Å². The summed E-state index contributed by atoms with van der Waals surface area (Å²) in [5, 5.41) is 10.2. The van der Waals surface area contributed by atoms with Gasteiger partial charge in [0.1, 0.15) is 5.75 Å². The van der Waals surface area contributed by atoms with Crippen LogP contribution in [0.4, 0.5) is 13.2 Å². The average Bonchev–Trinajstić information content (AvgIpc) is 2.15. The fourth-order valence-corrected chi connectivity index (χ4v) is 1.41. The van der Waals surface area contributed by atoms with E-state index >= 15 is 0 Å². The lowest BCUT2D eigenvalue weighted by Crippen LogP contribution is -2.04. The van der Waals surface area contributed by atoms with Gasteiger partial charge in [-0.25, -0.2) is 0 Å². The van der Waals surface area contributed by atoms with Gasteiger partial charge in [0.25, 0.3) is 0 Å². The van der Waals surface area contributed by atoms with Gasteiger partial charge in [0, 0.05) is 0 Å². The number of benzene rings is 2. The molecule has 0 spiro atoms. The average molecular weight is 212 g/mol. The second kappa shape index (κ2) is 3.15. The van der Waals surface area contributed by atoms with Crippen molar-refractivity contribution in [2.75, 3.05) is 0 Å². The Morgan fingerprint density at radius 2 is 1.53 bits per heavy atom. The Balaban J connectivity index is 2.64. The minimum Gasteiger partial charge on any atom is -0.508 e. The summed E-state index contributed by atoms with van der Waals surface area (Å²) in [6.45, 7) is 0. The topological polar surface area (TPSA) is 20.2 Å². The van der Waals surface area contributed by atoms with Gasteiger partial charge in [-0.1, -0.05) is 12.1 Å². The molecule has 0 bridgehead atoms. The number of aromatic hydroxyl groups is 1. The molecule has 1 N–H and O–H groups in total. The van der Waals surface area contributed by atoms with Gasteiger partial charge in [0.15, 0.2) is 0 Å². The highest BCUT2D eigenvalue weighted by molar-refractivity contribution is 5.84. The summed E-state index contributed by atoms with van der Waals surface area (Å²) in [6.07, 6.45) is -4.35. The van der Waals surface area contributed by atoms with E-state index in [1.54, 1.807) is 6.07 Å². The molecule has 4 heteroatoms. The Hall–Kier alpha value is -1.71. The third-order valence-corrected chi connectivity index (χ3v) is 2.15. The molecular formula is C11H7F3O. The molecule has 0 aliphatic carbocycles. The van der Waals surface area contributed by atoms with Crippen LogP contribution in [0.1, 0.15) is 5.56 Å². The van der Waals surface area contributed by atoms with Crippen LogP contribution in [0.15, 0.2) is 36.4 Å². The minimum absolute atomic E-state index is 0.0400. The number of alkyl halides is 3. The van der Waals surface area contributed by atoms with E-state index in [0.717, 1.165) is 12.1 Å². The molecule has 0 saturated carbocycles. The zero-order valence-corrected chi connectivity index (χ0v) is 7.55. The number of halogens is 3. The van der Waals surface area contributed by atoms with Crippen molar-refractivity contribution < 1.29 is 18.3 Å². The quantitative estimate of drug-likeness (QED) is 0.707. The zero-order valence-electron chi connectivity index (χ0n) is 7.55. The highest BCUT2D eigenvalue weighted by Crippen LogP contribution is 2.32. The number of hydrogen-bond donors (Lipinski definition) is 1. The standard InChI is InChI=1S/C11H7F3O/c12-11(13,14)9-3-1-7-2-4-10(15)6-8(7)5-9/h1-6,15H. The molecule has 2 rings (SSSR count). The Kier molecular flexibility index (Phi) is 2.07. The highest BCUT2D eigenvalue weighted by Gasteiger charge is 2.30. The summed E-state index contributed by atoms with van der Waals surface area (Å²) in [5.74, 6) is -0.0400. The highest BCUT2D eigenvalue weighted by atomic mass is 19.4. The Morgan fingerprint density at radius 3 is 2.20 bits per heavy atom. The third-order valence-electron chi connectivity index (χ3n) is 2.15. The van der Waals surface area contributed by atoms with E-state index in [9.17, 15) is 13.2 Å². The molecule has 78 valence electrons. The van der Waals surface area contributed by atoms with E-state index < -0.39 is 11.7 Å². The summed E-state index contributed by atoms with van der Waals surface area (Å²) < 4.78 is 37.1. The van der Waals surface area contributed by atoms with Gasteiger partial charge in [-0.3, -0.25) is 0 Å². The number of phenols is 1. The van der Waals surface area contributed by atoms with Crippen molar-refractivity contribution in [3.8, 4) is 5.75 Å². The van der Waals surface area contributed by atoms with Gasteiger partial charge in [0.2, 0.25) is 0 Å². The molecule has 15 heavy (non-hydrogen) atoms. The molecule has 0 aliphatic heterocycles. The van der Waals surface area contributed by atoms with E-state index in [-0.39, 0.29) is 5.75 Å². The van der Waals surface area contributed by atoms with E-state index in [0.29, 0.717) is 10.8 Å². The molecule has 0 unspecified atom stereocenters. The van der Waals surface area contributed by atoms with E-state index in [1.165, 1.54) is 18.2 Å². The maximum absolute atomic E-state index is 12.4. The molecule has 0 amide bonds. The number of hydrogen-bond acceptors (Lipinski definition) is 1. The molecule has 0 aromatic heterocycles. The molecule has 2 aromatic rings. The number of rotatable bonds is 0. The van der Waals surface area contributed by atoms with Crippen molar-refractivity contribution in [3.63, 3.8) is 0 Å². The summed E-state index contributed by atoms with van der Waals surface area (Å²) in [6, 6.07) is 7.76. The van der Waals surface area contributed by atoms with Crippen molar-refractivity contribution in [2.24, 2.45) is 0 Å². The normalized spacial score (nSPS) is 11.9. The first kappa shape index (κ1) is 9.83. The van der Waals surface area contributed by atoms with Crippen LogP contribution in [0.3, 0.4) is 0 Å². The van der Waals surface area contributed by atoms with E-state index in [4.69, 9.17) is 5.11 Å². The smallest absolute Gasteiger partial charge is 0.416 e. The lowest BCUT2D eigenvalue weighted by atomic mass is 10.1. The van der Waals surface area contributed by atoms with Crippen LogP contribution >= 0.6 is 0 Å². The second-order valence-corrected chi connectivity index (χ2v) is 3.24. The first-order valence-electron chi connectivity index (χ1n) is 4.27. The molecule has 0 aliphatic rings. The molecule has 2 aromatic carbocycles. The van der Waals surface area contributed by atoms with E-state index in [2.05, 4.69) is 0 Å². The third kappa shape index (κ3) is 1.88. The predicted octanol–water partition coefficient (Wildman–Crippen LogP) is 3.56. The zero-order chi connectivity index (χ0) is 11.1. The van der Waals surface area contributed by atoms with Crippen molar-refractivity contribution in [2.45, 2.75) is 6.18 Å². The lowest BCUT2D eigenvalue weighted by Gasteiger charge is -2.07. The van der Waals surface area contributed by atoms with Crippen molar-refractivity contribution in [1.29, 1.82) is 0 Å². The molecule has 0 atom stereocenters. The summed E-state index contributed by atoms with van der Waals surface area (Å²) >= 11 is 0. The van der Waals surface area contributed by atoms with Crippen LogP contribution in [0, 0.1) is 0 Å². The lowest BCUT2D eigenvalue weighted by molar-refractivity contribution is -0.137. The summed E-state index contributed by atoms with van der Waals surface area (Å²) in [4.78, 5) is 0. The molecule has 0 saturated heterocycles. The Morgan fingerprint density at radius 1 is 0.867 bits per heavy atom. The molecule has 0 heterocycles. The second-order valence-electron chi connectivity index (χ2n) is 3.24. The first-order valence-corrected chi connectivity index (χ1v) is 4.27. The SMILES string of the molecule is Oc1ccc2ccc(C(F)(F)F)cc2c1. The monoisotopic (exact) mass is 212 g/mol. The minimum atomic E-state index is -4.35. The van der Waals surface area contributed by atoms with Crippen molar-refractivity contribution in [3.05, 3.63) is 42.0 Å². The first-order chi connectivity index (χ1) is 6.97. The fourth-order valence-electron chi connectivity index (χ4n) is 1.41. The fraction of sp³-hybridized carbons (Fsp3) is 0.0909. The van der Waals surface area contributed by atoms with Gasteiger partial charge in [-0.05, 0) is 35.0 Å². The molecule has 0 fully saturated rings. The Labute approximate surface area is 83.8 Å². The van der Waals surface area contributed by atoms with Crippen LogP contribution in [-0.4, -0.2) is 5.11 Å². The van der Waals surface area contributed by atoms with Crippen LogP contribution in [0.25, 0.3) is 10.8 Å². The number of fused-ring (bicyclic) bond motifs is 1. The van der Waals surface area contributed by atoms with Crippen LogP contribution in [0.5, 0.6) is 5.75 Å². The Bertz CT molecular complexity index is 503. The van der Waals surface area contributed by atoms with Crippen molar-refractivity contribution >= 4 is 10.8 Å².